The van der Waals surface area contributed by atoms with Crippen molar-refractivity contribution >= 4 is 89.6 Å². The molecule has 0 atom stereocenters. The van der Waals surface area contributed by atoms with Gasteiger partial charge >= 0.3 is 32.4 Å². The molecular weight excluding hydrogens is 704 g/mol. The zero-order chi connectivity index (χ0) is 36.2. The summed E-state index contributed by atoms with van der Waals surface area (Å²) in [7, 11) is -9.74. The molecule has 5 rings (SSSR count). The number of benzene rings is 4. The molecule has 1 heterocycles. The van der Waals surface area contributed by atoms with E-state index < -0.39 is 60.4 Å². The normalized spacial score (nSPS) is 11.7. The quantitative estimate of drug-likeness (QED) is 0.0363. The summed E-state index contributed by atoms with van der Waals surface area (Å²) in [6.07, 6.45) is 0.428. The topological polar surface area (TPSA) is 330 Å². The lowest BCUT2D eigenvalue weighted by molar-refractivity contribution is -0.105. The summed E-state index contributed by atoms with van der Waals surface area (Å²) in [6, 6.07) is 13.6. The number of aromatic carboxylic acids is 1. The molecule has 0 bridgehead atoms. The van der Waals surface area contributed by atoms with Crippen molar-refractivity contribution in [2.24, 2.45) is 16.1 Å². The number of nitrogens with one attached hydrogen (secondary N) is 4. The SMILES string of the molecule is NOS(=O)(=O)c1cc(Nc2nc(O)nc(Nc3ccccc3NC=O)n2)c2c(O)c(N=Nc3ccccc3C(=O)O)c(NS(=O)(=O)O)cc2c1. The van der Waals surface area contributed by atoms with Gasteiger partial charge < -0.3 is 31.3 Å². The molecule has 0 radical (unpaired) electrons. The predicted molar refractivity (Wildman–Crippen MR) is 175 cm³/mol. The predicted octanol–water partition coefficient (Wildman–Crippen LogP) is 3.40. The van der Waals surface area contributed by atoms with Gasteiger partial charge in [-0.25, -0.2) is 4.79 Å². The van der Waals surface area contributed by atoms with Crippen molar-refractivity contribution in [3.8, 4) is 11.8 Å². The maximum absolute atomic E-state index is 12.7. The summed E-state index contributed by atoms with van der Waals surface area (Å²) in [5, 5.41) is 46.3. The fraction of sp³-hybridized carbons (Fsp3) is 0. The summed E-state index contributed by atoms with van der Waals surface area (Å²) in [5.41, 5.74) is -1.51. The molecule has 0 aliphatic rings. The van der Waals surface area contributed by atoms with Crippen molar-refractivity contribution in [2.75, 3.05) is 20.7 Å². The Hall–Kier alpha value is -6.53. The van der Waals surface area contributed by atoms with E-state index in [4.69, 9.17) is 5.90 Å². The second kappa shape index (κ2) is 13.9. The highest BCUT2D eigenvalue weighted by molar-refractivity contribution is 7.87. The molecule has 23 heteroatoms. The van der Waals surface area contributed by atoms with Crippen molar-refractivity contribution < 1.29 is 50.6 Å². The van der Waals surface area contributed by atoms with Crippen LogP contribution in [0.1, 0.15) is 10.4 Å². The third kappa shape index (κ3) is 7.77. The first-order valence-electron chi connectivity index (χ1n) is 13.4. The Labute approximate surface area is 280 Å². The van der Waals surface area contributed by atoms with Crippen LogP contribution in [0.4, 0.5) is 46.0 Å². The maximum atomic E-state index is 12.7. The molecule has 1 amide bonds. The van der Waals surface area contributed by atoms with Gasteiger partial charge in [-0.05, 0) is 47.9 Å². The van der Waals surface area contributed by atoms with E-state index in [0.717, 1.165) is 18.2 Å². The minimum absolute atomic E-state index is 0.206. The number of carboxylic acid groups (broad SMARTS) is 1. The molecule has 0 spiro atoms. The maximum Gasteiger partial charge on any atom is 0.357 e. The van der Waals surface area contributed by atoms with Crippen molar-refractivity contribution in [3.63, 3.8) is 0 Å². The van der Waals surface area contributed by atoms with Gasteiger partial charge in [-0.3, -0.25) is 14.1 Å². The van der Waals surface area contributed by atoms with Crippen LogP contribution in [0.15, 0.2) is 81.9 Å². The Balaban J connectivity index is 1.71. The van der Waals surface area contributed by atoms with Crippen LogP contribution in [0, 0.1) is 0 Å². The molecular formula is C27H22N10O11S2. The van der Waals surface area contributed by atoms with Crippen LogP contribution in [-0.2, 0) is 29.5 Å². The summed E-state index contributed by atoms with van der Waals surface area (Å²) in [5.74, 6) is 2.01. The molecule has 50 heavy (non-hydrogen) atoms. The van der Waals surface area contributed by atoms with Crippen LogP contribution < -0.4 is 26.6 Å². The number of carbonyl (C=O) groups excluding carboxylic acids is 1. The van der Waals surface area contributed by atoms with Crippen molar-refractivity contribution in [2.45, 2.75) is 4.90 Å². The first-order chi connectivity index (χ1) is 23.7. The van der Waals surface area contributed by atoms with Gasteiger partial charge in [0, 0.05) is 5.39 Å². The molecule has 0 saturated carbocycles. The fourth-order valence-corrected chi connectivity index (χ4v) is 5.52. The molecule has 0 saturated heterocycles. The van der Waals surface area contributed by atoms with Crippen molar-refractivity contribution in [1.82, 2.24) is 15.0 Å². The number of hydrogen-bond acceptors (Lipinski definition) is 17. The Morgan fingerprint density at radius 1 is 0.840 bits per heavy atom. The van der Waals surface area contributed by atoms with Gasteiger partial charge in [0.05, 0.1) is 33.2 Å². The monoisotopic (exact) mass is 726 g/mol. The number of hydrogen-bond donors (Lipinski definition) is 9. The van der Waals surface area contributed by atoms with Gasteiger partial charge in [-0.1, -0.05) is 24.3 Å². The molecule has 0 fully saturated rings. The minimum Gasteiger partial charge on any atom is -0.505 e. The Bertz CT molecular complexity index is 2410. The zero-order valence-electron chi connectivity index (χ0n) is 24.7. The van der Waals surface area contributed by atoms with Gasteiger partial charge in [-0.2, -0.15) is 42.0 Å². The lowest BCUT2D eigenvalue weighted by atomic mass is 10.0. The summed E-state index contributed by atoms with van der Waals surface area (Å²) in [6.45, 7) is 0. The molecule has 0 aliphatic heterocycles. The summed E-state index contributed by atoms with van der Waals surface area (Å²) in [4.78, 5) is 33.7. The number of azo groups is 1. The smallest absolute Gasteiger partial charge is 0.357 e. The molecule has 4 aromatic carbocycles. The van der Waals surface area contributed by atoms with E-state index in [1.54, 1.807) is 29.0 Å². The summed E-state index contributed by atoms with van der Waals surface area (Å²) < 4.78 is 64.4. The molecule has 258 valence electrons. The number of anilines is 6. The van der Waals surface area contributed by atoms with Crippen molar-refractivity contribution in [1.29, 1.82) is 0 Å². The fourth-order valence-electron chi connectivity index (χ4n) is 4.45. The number of carboxylic acids is 1. The molecule has 10 N–H and O–H groups in total. The van der Waals surface area contributed by atoms with E-state index in [0.29, 0.717) is 17.8 Å². The number of aromatic nitrogens is 3. The number of aromatic hydroxyl groups is 2. The number of phenols is 1. The highest BCUT2D eigenvalue weighted by Gasteiger charge is 2.24. The molecule has 0 unspecified atom stereocenters. The van der Waals surface area contributed by atoms with Crippen LogP contribution in [-0.4, -0.2) is 64.0 Å². The van der Waals surface area contributed by atoms with Gasteiger partial charge in [0.15, 0.2) is 11.4 Å². The zero-order valence-corrected chi connectivity index (χ0v) is 26.3. The second-order valence-electron chi connectivity index (χ2n) is 9.68. The third-order valence-electron chi connectivity index (χ3n) is 6.46. The largest absolute Gasteiger partial charge is 0.505 e. The van der Waals surface area contributed by atoms with Gasteiger partial charge in [-0.15, -0.1) is 10.2 Å². The number of fused-ring (bicyclic) bond motifs is 1. The Morgan fingerprint density at radius 2 is 1.48 bits per heavy atom. The molecule has 5 aromatic rings. The number of para-hydroxylation sites is 2. The Kier molecular flexibility index (Phi) is 9.68. The van der Waals surface area contributed by atoms with Crippen LogP contribution >= 0.6 is 0 Å². The van der Waals surface area contributed by atoms with Crippen LogP contribution in [0.5, 0.6) is 11.8 Å². The highest BCUT2D eigenvalue weighted by atomic mass is 32.2. The molecule has 21 nitrogen and oxygen atoms in total. The van der Waals surface area contributed by atoms with E-state index in [2.05, 4.69) is 45.4 Å². The lowest BCUT2D eigenvalue weighted by Gasteiger charge is -2.16. The Morgan fingerprint density at radius 3 is 2.12 bits per heavy atom. The lowest BCUT2D eigenvalue weighted by Crippen LogP contribution is -2.12. The average molecular weight is 727 g/mol. The minimum atomic E-state index is -5.05. The number of phenolic OH excluding ortho intramolecular Hbond substituents is 1. The number of amides is 1. The van der Waals surface area contributed by atoms with E-state index >= 15 is 0 Å². The standard InChI is InChI=1S/C27H22N10O11S2/c28-48-49(43,44)14-9-13-10-20(37-50(45,46)47)22(36-35-16-6-2-1-5-15(16)24(40)41)23(39)21(13)19(11-14)31-26-32-25(33-27(42)34-26)30-18-8-4-3-7-17(18)29-12-38/h1-12,37,39H,28H2,(H,29,38)(H,40,41)(H,45,46,47)(H3,30,31,32,33,34,42). The number of nitrogens with zero attached hydrogens (tertiary/aromatic N) is 5. The second-order valence-corrected chi connectivity index (χ2v) is 12.4. The first kappa shape index (κ1) is 34.8. The third-order valence-corrected chi connectivity index (χ3v) is 8.01. The van der Waals surface area contributed by atoms with Crippen LogP contribution in [0.3, 0.4) is 0 Å². The van der Waals surface area contributed by atoms with Gasteiger partial charge in [0.25, 0.3) is 0 Å². The highest BCUT2D eigenvalue weighted by Crippen LogP contribution is 2.47. The van der Waals surface area contributed by atoms with Crippen LogP contribution in [0.25, 0.3) is 10.8 Å². The van der Waals surface area contributed by atoms with Crippen molar-refractivity contribution in [3.05, 3.63) is 72.3 Å². The average Bonchev–Trinajstić information content (AvgIpc) is 3.04. The van der Waals surface area contributed by atoms with E-state index in [9.17, 15) is 46.3 Å². The molecule has 0 aliphatic carbocycles. The first-order valence-corrected chi connectivity index (χ1v) is 16.3. The number of rotatable bonds is 13. The van der Waals surface area contributed by atoms with Gasteiger partial charge in [0.1, 0.15) is 5.69 Å². The van der Waals surface area contributed by atoms with E-state index in [1.807, 2.05) is 0 Å². The summed E-state index contributed by atoms with van der Waals surface area (Å²) >= 11 is 0. The number of carbonyl (C=O) groups is 2. The number of nitrogens with two attached hydrogens (primary N) is 1. The van der Waals surface area contributed by atoms with E-state index in [1.165, 1.54) is 24.3 Å². The van der Waals surface area contributed by atoms with E-state index in [-0.39, 0.29) is 33.7 Å². The van der Waals surface area contributed by atoms with Crippen LogP contribution in [0.2, 0.25) is 0 Å². The van der Waals surface area contributed by atoms with Gasteiger partial charge in [0.2, 0.25) is 18.3 Å². The molecule has 1 aromatic heterocycles.